The van der Waals surface area contributed by atoms with Crippen molar-refractivity contribution in [2.75, 3.05) is 18.8 Å². The third-order valence-corrected chi connectivity index (χ3v) is 3.92. The maximum absolute atomic E-state index is 12.4. The summed E-state index contributed by atoms with van der Waals surface area (Å²) in [4.78, 5) is 14.3. The molecule has 106 valence electrons. The van der Waals surface area contributed by atoms with Gasteiger partial charge in [0.2, 0.25) is 0 Å². The number of nitrogen functional groups attached to an aromatic ring is 1. The zero-order valence-electron chi connectivity index (χ0n) is 11.1. The number of hydrogen-bond acceptors (Lipinski definition) is 2. The van der Waals surface area contributed by atoms with Gasteiger partial charge in [0.15, 0.2) is 0 Å². The van der Waals surface area contributed by atoms with Crippen molar-refractivity contribution < 1.29 is 4.79 Å². The molecule has 0 aromatic heterocycles. The molecule has 1 aliphatic heterocycles. The number of halogens is 2. The minimum absolute atomic E-state index is 0. The molecule has 1 aliphatic rings. The monoisotopic (exact) mass is 302 g/mol. The third kappa shape index (κ3) is 3.77. The summed E-state index contributed by atoms with van der Waals surface area (Å²) in [5, 5.41) is 0.443. The summed E-state index contributed by atoms with van der Waals surface area (Å²) >= 11 is 6.09. The summed E-state index contributed by atoms with van der Waals surface area (Å²) in [6, 6.07) is 5.08. The van der Waals surface area contributed by atoms with Crippen LogP contribution in [0, 0.1) is 5.92 Å². The minimum atomic E-state index is 0. The number of carbonyl (C=O) groups is 1. The summed E-state index contributed by atoms with van der Waals surface area (Å²) in [6.07, 6.45) is 3.42. The average Bonchev–Trinajstić information content (AvgIpc) is 2.38. The second-order valence-electron chi connectivity index (χ2n) is 4.91. The largest absolute Gasteiger partial charge is 0.399 e. The molecular weight excluding hydrogens is 283 g/mol. The van der Waals surface area contributed by atoms with Crippen molar-refractivity contribution in [3.63, 3.8) is 0 Å². The highest BCUT2D eigenvalue weighted by Crippen LogP contribution is 2.24. The lowest BCUT2D eigenvalue weighted by atomic mass is 9.95. The molecule has 5 heteroatoms. The molecule has 1 atom stereocenters. The standard InChI is InChI=1S/C14H19ClN2O.ClH/c1-2-10-4-3-7-17(9-10)14(18)12-6-5-11(16)8-13(12)15;/h5-6,8,10H,2-4,7,9,16H2,1H3;1H. The Morgan fingerprint density at radius 2 is 2.26 bits per heavy atom. The van der Waals surface area contributed by atoms with Crippen molar-refractivity contribution in [3.05, 3.63) is 28.8 Å². The molecule has 0 spiro atoms. The van der Waals surface area contributed by atoms with Crippen LogP contribution in [0.2, 0.25) is 5.02 Å². The Bertz CT molecular complexity index is 451. The number of benzene rings is 1. The number of piperidine rings is 1. The molecule has 0 bridgehead atoms. The number of hydrogen-bond donors (Lipinski definition) is 1. The summed E-state index contributed by atoms with van der Waals surface area (Å²) in [6.45, 7) is 3.85. The molecular formula is C14H20Cl2N2O. The van der Waals surface area contributed by atoms with Crippen molar-refractivity contribution in [2.24, 2.45) is 5.92 Å². The van der Waals surface area contributed by atoms with Crippen LogP contribution in [0.1, 0.15) is 36.5 Å². The molecule has 2 rings (SSSR count). The molecule has 0 radical (unpaired) electrons. The van der Waals surface area contributed by atoms with Gasteiger partial charge in [-0.2, -0.15) is 0 Å². The first-order valence-corrected chi connectivity index (χ1v) is 6.84. The van der Waals surface area contributed by atoms with E-state index >= 15 is 0 Å². The van der Waals surface area contributed by atoms with Crippen LogP contribution in [-0.4, -0.2) is 23.9 Å². The lowest BCUT2D eigenvalue weighted by Crippen LogP contribution is -2.39. The van der Waals surface area contributed by atoms with Crippen LogP contribution < -0.4 is 5.73 Å². The van der Waals surface area contributed by atoms with E-state index < -0.39 is 0 Å². The molecule has 1 unspecified atom stereocenters. The van der Waals surface area contributed by atoms with E-state index in [-0.39, 0.29) is 18.3 Å². The van der Waals surface area contributed by atoms with Gasteiger partial charge >= 0.3 is 0 Å². The second-order valence-corrected chi connectivity index (χ2v) is 5.31. The minimum Gasteiger partial charge on any atom is -0.399 e. The third-order valence-electron chi connectivity index (χ3n) is 3.61. The normalized spacial score (nSPS) is 18.8. The fourth-order valence-corrected chi connectivity index (χ4v) is 2.73. The number of nitrogens with zero attached hydrogens (tertiary/aromatic N) is 1. The van der Waals surface area contributed by atoms with Crippen molar-refractivity contribution in [2.45, 2.75) is 26.2 Å². The molecule has 1 heterocycles. The van der Waals surface area contributed by atoms with E-state index in [9.17, 15) is 4.79 Å². The Morgan fingerprint density at radius 1 is 1.53 bits per heavy atom. The van der Waals surface area contributed by atoms with E-state index in [1.54, 1.807) is 18.2 Å². The lowest BCUT2D eigenvalue weighted by Gasteiger charge is -2.32. The molecule has 1 amide bonds. The summed E-state index contributed by atoms with van der Waals surface area (Å²) in [5.41, 5.74) is 6.78. The molecule has 0 aliphatic carbocycles. The maximum atomic E-state index is 12.4. The highest BCUT2D eigenvalue weighted by atomic mass is 35.5. The predicted molar refractivity (Wildman–Crippen MR) is 82.0 cm³/mol. The van der Waals surface area contributed by atoms with Gasteiger partial charge in [0.1, 0.15) is 0 Å². The van der Waals surface area contributed by atoms with Gasteiger partial charge in [-0.15, -0.1) is 12.4 Å². The highest BCUT2D eigenvalue weighted by molar-refractivity contribution is 6.34. The van der Waals surface area contributed by atoms with Gasteiger partial charge in [-0.25, -0.2) is 0 Å². The van der Waals surface area contributed by atoms with Gasteiger partial charge in [0.05, 0.1) is 10.6 Å². The van der Waals surface area contributed by atoms with E-state index in [2.05, 4.69) is 6.92 Å². The van der Waals surface area contributed by atoms with Gasteiger partial charge in [0, 0.05) is 18.8 Å². The van der Waals surface area contributed by atoms with Crippen LogP contribution in [-0.2, 0) is 0 Å². The summed E-state index contributed by atoms with van der Waals surface area (Å²) in [7, 11) is 0. The predicted octanol–water partition coefficient (Wildman–Crippen LogP) is 3.61. The van der Waals surface area contributed by atoms with E-state index in [1.807, 2.05) is 4.90 Å². The Morgan fingerprint density at radius 3 is 2.89 bits per heavy atom. The fraction of sp³-hybridized carbons (Fsp3) is 0.500. The van der Waals surface area contributed by atoms with Gasteiger partial charge in [-0.05, 0) is 37.0 Å². The highest BCUT2D eigenvalue weighted by Gasteiger charge is 2.24. The first-order chi connectivity index (χ1) is 8.61. The Kier molecular flexibility index (Phi) is 5.95. The smallest absolute Gasteiger partial charge is 0.255 e. The molecule has 2 N–H and O–H groups in total. The first kappa shape index (κ1) is 16.1. The molecule has 0 saturated carbocycles. The van der Waals surface area contributed by atoms with E-state index in [4.69, 9.17) is 17.3 Å². The van der Waals surface area contributed by atoms with Crippen LogP contribution in [0.4, 0.5) is 5.69 Å². The number of nitrogens with two attached hydrogens (primary N) is 1. The van der Waals surface area contributed by atoms with E-state index in [0.717, 1.165) is 25.9 Å². The van der Waals surface area contributed by atoms with Crippen molar-refractivity contribution in [1.29, 1.82) is 0 Å². The molecule has 3 nitrogen and oxygen atoms in total. The van der Waals surface area contributed by atoms with Gasteiger partial charge < -0.3 is 10.6 Å². The van der Waals surface area contributed by atoms with Crippen LogP contribution >= 0.6 is 24.0 Å². The number of carbonyl (C=O) groups excluding carboxylic acids is 1. The topological polar surface area (TPSA) is 46.3 Å². The number of amides is 1. The molecule has 19 heavy (non-hydrogen) atoms. The summed E-state index contributed by atoms with van der Waals surface area (Å²) < 4.78 is 0. The molecule has 1 saturated heterocycles. The van der Waals surface area contributed by atoms with Crippen LogP contribution in [0.25, 0.3) is 0 Å². The van der Waals surface area contributed by atoms with Gasteiger partial charge in [0.25, 0.3) is 5.91 Å². The SMILES string of the molecule is CCC1CCCN(C(=O)c2ccc(N)cc2Cl)C1.Cl. The van der Waals surface area contributed by atoms with Gasteiger partial charge in [-0.1, -0.05) is 24.9 Å². The Hall–Kier alpha value is -0.930. The van der Waals surface area contributed by atoms with Crippen LogP contribution in [0.3, 0.4) is 0 Å². The van der Waals surface area contributed by atoms with Crippen LogP contribution in [0.15, 0.2) is 18.2 Å². The fourth-order valence-electron chi connectivity index (χ4n) is 2.46. The van der Waals surface area contributed by atoms with Crippen molar-refractivity contribution in [3.8, 4) is 0 Å². The second kappa shape index (κ2) is 7.01. The average molecular weight is 303 g/mol. The van der Waals surface area contributed by atoms with E-state index in [0.29, 0.717) is 22.2 Å². The zero-order chi connectivity index (χ0) is 13.1. The van der Waals surface area contributed by atoms with Gasteiger partial charge in [-0.3, -0.25) is 4.79 Å². The van der Waals surface area contributed by atoms with Crippen molar-refractivity contribution >= 4 is 35.6 Å². The zero-order valence-corrected chi connectivity index (χ0v) is 12.6. The number of likely N-dealkylation sites (tertiary alicyclic amines) is 1. The van der Waals surface area contributed by atoms with Crippen LogP contribution in [0.5, 0.6) is 0 Å². The quantitative estimate of drug-likeness (QED) is 0.848. The molecule has 1 aromatic rings. The van der Waals surface area contributed by atoms with Crippen molar-refractivity contribution in [1.82, 2.24) is 4.90 Å². The maximum Gasteiger partial charge on any atom is 0.255 e. The lowest BCUT2D eigenvalue weighted by molar-refractivity contribution is 0.0671. The Labute approximate surface area is 125 Å². The molecule has 1 fully saturated rings. The summed E-state index contributed by atoms with van der Waals surface area (Å²) in [5.74, 6) is 0.647. The van der Waals surface area contributed by atoms with E-state index in [1.165, 1.54) is 6.42 Å². The Balaban J connectivity index is 0.00000180. The number of anilines is 1. The number of rotatable bonds is 2. The molecule has 1 aromatic carbocycles. The first-order valence-electron chi connectivity index (χ1n) is 6.46.